The molecule has 0 aliphatic carbocycles. The fraction of sp³-hybridized carbons (Fsp3) is 0.174. The summed E-state index contributed by atoms with van der Waals surface area (Å²) in [5, 5.41) is 0.742. The third-order valence-corrected chi connectivity index (χ3v) is 5.47. The Labute approximate surface area is 159 Å². The number of amides is 1. The van der Waals surface area contributed by atoms with Gasteiger partial charge in [0.2, 0.25) is 0 Å². The molecule has 1 atom stereocenters. The minimum Gasteiger partial charge on any atom is -0.248 e. The standard InChI is InChI=1S/C23H21ClNO/c24-21-12-10-18(11-13-21)14-15-25(16-19-6-2-1-3-7-19)17-20-8-4-5-9-22(20)23(25)26/h1-13H,14-17H2/q+1. The predicted octanol–water partition coefficient (Wildman–Crippen LogP) is 5.25. The number of hydrogen-bond donors (Lipinski definition) is 0. The van der Waals surface area contributed by atoms with E-state index < -0.39 is 0 Å². The second kappa shape index (κ2) is 7.06. The van der Waals surface area contributed by atoms with Crippen LogP contribution in [0.25, 0.3) is 0 Å². The molecule has 0 saturated heterocycles. The Kier molecular flexibility index (Phi) is 4.62. The summed E-state index contributed by atoms with van der Waals surface area (Å²) in [5.41, 5.74) is 4.44. The number of quaternary nitrogens is 1. The number of carbonyl (C=O) groups excluding carboxylic acids is 1. The van der Waals surface area contributed by atoms with Gasteiger partial charge >= 0.3 is 5.91 Å². The van der Waals surface area contributed by atoms with Crippen LogP contribution < -0.4 is 0 Å². The maximum Gasteiger partial charge on any atom is 0.346 e. The van der Waals surface area contributed by atoms with Gasteiger partial charge in [0.25, 0.3) is 0 Å². The van der Waals surface area contributed by atoms with Crippen molar-refractivity contribution in [2.75, 3.05) is 6.54 Å². The molecular weight excluding hydrogens is 342 g/mol. The molecular formula is C23H21ClNO+. The molecule has 130 valence electrons. The van der Waals surface area contributed by atoms with E-state index in [9.17, 15) is 4.79 Å². The molecule has 3 aromatic rings. The molecule has 4 rings (SSSR count). The molecule has 0 aromatic heterocycles. The third kappa shape index (κ3) is 3.31. The van der Waals surface area contributed by atoms with Crippen LogP contribution in [0.3, 0.4) is 0 Å². The topological polar surface area (TPSA) is 17.1 Å². The quantitative estimate of drug-likeness (QED) is 0.566. The summed E-state index contributed by atoms with van der Waals surface area (Å²) in [6.45, 7) is 2.27. The number of hydrogen-bond acceptors (Lipinski definition) is 1. The highest BCUT2D eigenvalue weighted by molar-refractivity contribution is 6.30. The van der Waals surface area contributed by atoms with E-state index in [0.29, 0.717) is 4.48 Å². The molecule has 2 nitrogen and oxygen atoms in total. The molecule has 1 aliphatic rings. The van der Waals surface area contributed by atoms with Crippen LogP contribution in [0.5, 0.6) is 0 Å². The molecule has 3 heteroatoms. The Hall–Kier alpha value is -2.42. The molecule has 1 amide bonds. The molecule has 0 fully saturated rings. The number of carbonyl (C=O) groups is 1. The highest BCUT2D eigenvalue weighted by atomic mass is 35.5. The monoisotopic (exact) mass is 362 g/mol. The number of fused-ring (bicyclic) bond motifs is 1. The number of halogens is 1. The Balaban J connectivity index is 1.64. The highest BCUT2D eigenvalue weighted by Crippen LogP contribution is 2.32. The van der Waals surface area contributed by atoms with Crippen LogP contribution in [0, 0.1) is 0 Å². The van der Waals surface area contributed by atoms with Crippen molar-refractivity contribution in [3.8, 4) is 0 Å². The molecule has 1 aliphatic heterocycles. The van der Waals surface area contributed by atoms with Gasteiger partial charge in [0.15, 0.2) is 0 Å². The Bertz CT molecular complexity index is 920. The first kappa shape index (κ1) is 17.0. The average molecular weight is 363 g/mol. The largest absolute Gasteiger partial charge is 0.346 e. The number of rotatable bonds is 5. The molecule has 26 heavy (non-hydrogen) atoms. The fourth-order valence-corrected chi connectivity index (χ4v) is 3.96. The van der Waals surface area contributed by atoms with Crippen molar-refractivity contribution in [3.05, 3.63) is 106 Å². The van der Waals surface area contributed by atoms with Crippen LogP contribution >= 0.6 is 11.6 Å². The molecule has 0 spiro atoms. The maximum absolute atomic E-state index is 13.3. The number of nitrogens with zero attached hydrogens (tertiary/aromatic N) is 1. The van der Waals surface area contributed by atoms with E-state index in [1.807, 2.05) is 48.5 Å². The van der Waals surface area contributed by atoms with E-state index in [-0.39, 0.29) is 5.91 Å². The Morgan fingerprint density at radius 1 is 0.808 bits per heavy atom. The van der Waals surface area contributed by atoms with E-state index in [2.05, 4.69) is 30.3 Å². The second-order valence-corrected chi connectivity index (χ2v) is 7.45. The zero-order chi connectivity index (χ0) is 18.0. The van der Waals surface area contributed by atoms with Crippen LogP contribution in [-0.2, 0) is 19.5 Å². The molecule has 3 aromatic carbocycles. The van der Waals surface area contributed by atoms with Crippen LogP contribution in [0.2, 0.25) is 5.02 Å². The predicted molar refractivity (Wildman–Crippen MR) is 105 cm³/mol. The zero-order valence-electron chi connectivity index (χ0n) is 14.6. The third-order valence-electron chi connectivity index (χ3n) is 5.22. The molecule has 0 saturated carbocycles. The van der Waals surface area contributed by atoms with Gasteiger partial charge < -0.3 is 0 Å². The summed E-state index contributed by atoms with van der Waals surface area (Å²) in [5.74, 6) is 0.235. The van der Waals surface area contributed by atoms with Gasteiger partial charge in [-0.25, -0.2) is 9.28 Å². The normalized spacial score (nSPS) is 18.7. The van der Waals surface area contributed by atoms with Crippen LogP contribution in [0.4, 0.5) is 0 Å². The van der Waals surface area contributed by atoms with Crippen molar-refractivity contribution in [1.29, 1.82) is 0 Å². The SMILES string of the molecule is O=C1c2ccccc2C[N+]1(CCc1ccc(Cl)cc1)Cc1ccccc1. The molecule has 0 bridgehead atoms. The summed E-state index contributed by atoms with van der Waals surface area (Å²) in [4.78, 5) is 13.3. The van der Waals surface area contributed by atoms with Crippen molar-refractivity contribution in [2.24, 2.45) is 0 Å². The van der Waals surface area contributed by atoms with E-state index in [1.54, 1.807) is 0 Å². The minimum absolute atomic E-state index is 0.235. The lowest BCUT2D eigenvalue weighted by Crippen LogP contribution is -2.48. The zero-order valence-corrected chi connectivity index (χ0v) is 15.3. The van der Waals surface area contributed by atoms with E-state index in [0.717, 1.165) is 42.2 Å². The van der Waals surface area contributed by atoms with Crippen molar-refractivity contribution in [1.82, 2.24) is 0 Å². The van der Waals surface area contributed by atoms with E-state index >= 15 is 0 Å². The first-order valence-corrected chi connectivity index (χ1v) is 9.31. The summed E-state index contributed by atoms with van der Waals surface area (Å²) in [6, 6.07) is 26.3. The van der Waals surface area contributed by atoms with Gasteiger partial charge in [-0.2, -0.15) is 0 Å². The van der Waals surface area contributed by atoms with Gasteiger partial charge in [0, 0.05) is 22.6 Å². The van der Waals surface area contributed by atoms with Crippen molar-refractivity contribution in [3.63, 3.8) is 0 Å². The van der Waals surface area contributed by atoms with Gasteiger partial charge in [0.1, 0.15) is 13.1 Å². The van der Waals surface area contributed by atoms with E-state index in [1.165, 1.54) is 11.1 Å². The first-order valence-electron chi connectivity index (χ1n) is 8.94. The first-order chi connectivity index (χ1) is 12.7. The van der Waals surface area contributed by atoms with Crippen LogP contribution in [-0.4, -0.2) is 16.9 Å². The van der Waals surface area contributed by atoms with Crippen LogP contribution in [0.15, 0.2) is 78.9 Å². The van der Waals surface area contributed by atoms with Gasteiger partial charge in [-0.15, -0.1) is 0 Å². The van der Waals surface area contributed by atoms with Crippen molar-refractivity contribution < 1.29 is 9.28 Å². The lowest BCUT2D eigenvalue weighted by molar-refractivity contribution is -0.871. The highest BCUT2D eigenvalue weighted by Gasteiger charge is 2.44. The molecule has 1 unspecified atom stereocenters. The second-order valence-electron chi connectivity index (χ2n) is 7.01. The Morgan fingerprint density at radius 2 is 1.50 bits per heavy atom. The minimum atomic E-state index is 0.235. The average Bonchev–Trinajstić information content (AvgIpc) is 2.95. The smallest absolute Gasteiger partial charge is 0.248 e. The maximum atomic E-state index is 13.3. The van der Waals surface area contributed by atoms with Gasteiger partial charge in [0.05, 0.1) is 12.1 Å². The Morgan fingerprint density at radius 3 is 2.23 bits per heavy atom. The molecule has 0 radical (unpaired) electrons. The summed E-state index contributed by atoms with van der Waals surface area (Å²) < 4.78 is 0.450. The molecule has 0 N–H and O–H groups in total. The van der Waals surface area contributed by atoms with Crippen molar-refractivity contribution in [2.45, 2.75) is 19.5 Å². The summed E-state index contributed by atoms with van der Waals surface area (Å²) >= 11 is 6.00. The van der Waals surface area contributed by atoms with Crippen LogP contribution in [0.1, 0.15) is 27.0 Å². The van der Waals surface area contributed by atoms with Gasteiger partial charge in [-0.05, 0) is 23.8 Å². The number of benzene rings is 3. The molecule has 1 heterocycles. The fourth-order valence-electron chi connectivity index (χ4n) is 3.83. The van der Waals surface area contributed by atoms with Gasteiger partial charge in [-0.1, -0.05) is 72.3 Å². The lowest BCUT2D eigenvalue weighted by atomic mass is 10.1. The van der Waals surface area contributed by atoms with Crippen molar-refractivity contribution >= 4 is 17.5 Å². The summed E-state index contributed by atoms with van der Waals surface area (Å²) in [6.07, 6.45) is 0.851. The summed E-state index contributed by atoms with van der Waals surface area (Å²) in [7, 11) is 0. The lowest BCUT2D eigenvalue weighted by Gasteiger charge is -2.31. The van der Waals surface area contributed by atoms with Gasteiger partial charge in [-0.3, -0.25) is 0 Å². The van der Waals surface area contributed by atoms with E-state index in [4.69, 9.17) is 11.6 Å².